The number of thiazole rings is 1. The molecule has 2 amide bonds. The van der Waals surface area contributed by atoms with Crippen molar-refractivity contribution >= 4 is 28.3 Å². The van der Waals surface area contributed by atoms with Crippen molar-refractivity contribution in [1.29, 1.82) is 0 Å². The van der Waals surface area contributed by atoms with Gasteiger partial charge in [-0.15, -0.1) is 11.3 Å². The number of piperazine rings is 1. The standard InChI is InChI=1S/C16H24N4O2S/c1-4-18-10-13(9-14(18)21)15(22)19-5-7-20(8-6-19)16-17-11(2)12(3)23-16/h13H,4-10H2,1-3H3/t13-/m0/s1. The SMILES string of the molecule is CCN1C[C@@H](C(=O)N2CCN(c3nc(C)c(C)s3)CC2)CC1=O. The lowest BCUT2D eigenvalue weighted by Crippen LogP contribution is -2.50. The van der Waals surface area contributed by atoms with Crippen molar-refractivity contribution in [2.75, 3.05) is 44.2 Å². The van der Waals surface area contributed by atoms with E-state index < -0.39 is 0 Å². The Kier molecular flexibility index (Phi) is 4.57. The normalized spacial score (nSPS) is 22.1. The fourth-order valence-corrected chi connectivity index (χ4v) is 4.17. The first-order valence-corrected chi connectivity index (χ1v) is 9.06. The molecule has 23 heavy (non-hydrogen) atoms. The number of likely N-dealkylation sites (tertiary alicyclic amines) is 1. The van der Waals surface area contributed by atoms with Crippen molar-refractivity contribution in [3.63, 3.8) is 0 Å². The number of hydrogen-bond donors (Lipinski definition) is 0. The predicted octanol–water partition coefficient (Wildman–Crippen LogP) is 1.28. The number of carbonyl (C=O) groups is 2. The second-order valence-electron chi connectivity index (χ2n) is 6.28. The lowest BCUT2D eigenvalue weighted by molar-refractivity contribution is -0.136. The van der Waals surface area contributed by atoms with Gasteiger partial charge in [-0.1, -0.05) is 0 Å². The Balaban J connectivity index is 1.56. The molecule has 126 valence electrons. The second-order valence-corrected chi connectivity index (χ2v) is 7.47. The van der Waals surface area contributed by atoms with Gasteiger partial charge in [0.15, 0.2) is 5.13 Å². The maximum atomic E-state index is 12.6. The zero-order valence-electron chi connectivity index (χ0n) is 14.0. The summed E-state index contributed by atoms with van der Waals surface area (Å²) in [5.74, 6) is 0.0945. The molecule has 0 N–H and O–H groups in total. The largest absolute Gasteiger partial charge is 0.345 e. The molecule has 2 fully saturated rings. The molecule has 7 heteroatoms. The van der Waals surface area contributed by atoms with Crippen LogP contribution < -0.4 is 4.90 Å². The van der Waals surface area contributed by atoms with Crippen LogP contribution in [-0.2, 0) is 9.59 Å². The Morgan fingerprint density at radius 3 is 2.48 bits per heavy atom. The minimum Gasteiger partial charge on any atom is -0.345 e. The summed E-state index contributed by atoms with van der Waals surface area (Å²) in [6, 6.07) is 0. The highest BCUT2D eigenvalue weighted by molar-refractivity contribution is 7.15. The van der Waals surface area contributed by atoms with Gasteiger partial charge < -0.3 is 14.7 Å². The van der Waals surface area contributed by atoms with Crippen molar-refractivity contribution in [2.24, 2.45) is 5.92 Å². The molecule has 0 aromatic carbocycles. The van der Waals surface area contributed by atoms with Crippen molar-refractivity contribution in [3.05, 3.63) is 10.6 Å². The zero-order chi connectivity index (χ0) is 16.6. The van der Waals surface area contributed by atoms with Gasteiger partial charge in [-0.25, -0.2) is 4.98 Å². The first-order valence-electron chi connectivity index (χ1n) is 8.25. The molecule has 1 aromatic heterocycles. The highest BCUT2D eigenvalue weighted by Crippen LogP contribution is 2.27. The van der Waals surface area contributed by atoms with Crippen molar-refractivity contribution < 1.29 is 9.59 Å². The fraction of sp³-hybridized carbons (Fsp3) is 0.688. The van der Waals surface area contributed by atoms with Gasteiger partial charge in [-0.3, -0.25) is 9.59 Å². The molecule has 3 rings (SSSR count). The molecule has 6 nitrogen and oxygen atoms in total. The molecule has 0 aliphatic carbocycles. The van der Waals surface area contributed by atoms with Crippen LogP contribution in [0.3, 0.4) is 0 Å². The van der Waals surface area contributed by atoms with Crippen LogP contribution in [0.2, 0.25) is 0 Å². The molecule has 0 spiro atoms. The molecule has 0 unspecified atom stereocenters. The van der Waals surface area contributed by atoms with E-state index in [1.807, 2.05) is 18.7 Å². The number of hydrogen-bond acceptors (Lipinski definition) is 5. The second kappa shape index (κ2) is 6.47. The summed E-state index contributed by atoms with van der Waals surface area (Å²) in [5.41, 5.74) is 1.09. The van der Waals surface area contributed by atoms with E-state index in [0.717, 1.165) is 23.9 Å². The van der Waals surface area contributed by atoms with E-state index in [0.29, 0.717) is 32.6 Å². The van der Waals surface area contributed by atoms with Gasteiger partial charge in [0.1, 0.15) is 0 Å². The monoisotopic (exact) mass is 336 g/mol. The van der Waals surface area contributed by atoms with Gasteiger partial charge in [-0.2, -0.15) is 0 Å². The minimum atomic E-state index is -0.154. The smallest absolute Gasteiger partial charge is 0.228 e. The van der Waals surface area contributed by atoms with E-state index in [2.05, 4.69) is 16.8 Å². The quantitative estimate of drug-likeness (QED) is 0.834. The number of rotatable bonds is 3. The van der Waals surface area contributed by atoms with Gasteiger partial charge >= 0.3 is 0 Å². The maximum absolute atomic E-state index is 12.6. The van der Waals surface area contributed by atoms with Crippen LogP contribution in [0.5, 0.6) is 0 Å². The van der Waals surface area contributed by atoms with Crippen LogP contribution in [0, 0.1) is 19.8 Å². The van der Waals surface area contributed by atoms with Crippen LogP contribution in [0.1, 0.15) is 23.9 Å². The molecule has 2 saturated heterocycles. The van der Waals surface area contributed by atoms with Crippen LogP contribution in [-0.4, -0.2) is 65.9 Å². The van der Waals surface area contributed by atoms with E-state index in [1.54, 1.807) is 16.2 Å². The Labute approximate surface area is 141 Å². The topological polar surface area (TPSA) is 56.8 Å². The van der Waals surface area contributed by atoms with Crippen molar-refractivity contribution in [2.45, 2.75) is 27.2 Å². The van der Waals surface area contributed by atoms with Gasteiger partial charge in [0.2, 0.25) is 11.8 Å². The number of aryl methyl sites for hydroxylation is 2. The lowest BCUT2D eigenvalue weighted by Gasteiger charge is -2.35. The number of aromatic nitrogens is 1. The Hall–Kier alpha value is -1.63. The summed E-state index contributed by atoms with van der Waals surface area (Å²) in [4.78, 5) is 36.2. The molecule has 0 bridgehead atoms. The van der Waals surface area contributed by atoms with E-state index in [9.17, 15) is 9.59 Å². The molecule has 0 radical (unpaired) electrons. The van der Waals surface area contributed by atoms with Gasteiger partial charge in [0, 0.05) is 50.6 Å². The molecular formula is C16H24N4O2S. The average Bonchev–Trinajstić information content (AvgIpc) is 3.09. The minimum absolute atomic E-state index is 0.109. The lowest BCUT2D eigenvalue weighted by atomic mass is 10.1. The summed E-state index contributed by atoms with van der Waals surface area (Å²) < 4.78 is 0. The van der Waals surface area contributed by atoms with E-state index >= 15 is 0 Å². The van der Waals surface area contributed by atoms with Crippen LogP contribution in [0.4, 0.5) is 5.13 Å². The summed E-state index contributed by atoms with van der Waals surface area (Å²) >= 11 is 1.72. The number of carbonyl (C=O) groups excluding carboxylic acids is 2. The van der Waals surface area contributed by atoms with E-state index in [4.69, 9.17) is 0 Å². The van der Waals surface area contributed by atoms with Crippen LogP contribution in [0.25, 0.3) is 0 Å². The summed E-state index contributed by atoms with van der Waals surface area (Å²) in [6.07, 6.45) is 0.373. The van der Waals surface area contributed by atoms with Crippen molar-refractivity contribution in [1.82, 2.24) is 14.8 Å². The first-order chi connectivity index (χ1) is 11.0. The van der Waals surface area contributed by atoms with E-state index in [1.165, 1.54) is 4.88 Å². The Bertz CT molecular complexity index is 588. The Morgan fingerprint density at radius 2 is 1.96 bits per heavy atom. The van der Waals surface area contributed by atoms with Gasteiger partial charge in [0.25, 0.3) is 0 Å². The third-order valence-corrected chi connectivity index (χ3v) is 5.96. The third kappa shape index (κ3) is 3.20. The first kappa shape index (κ1) is 16.2. The van der Waals surface area contributed by atoms with Crippen molar-refractivity contribution in [3.8, 4) is 0 Å². The number of anilines is 1. The molecule has 1 aromatic rings. The molecule has 0 saturated carbocycles. The highest BCUT2D eigenvalue weighted by Gasteiger charge is 2.36. The van der Waals surface area contributed by atoms with E-state index in [-0.39, 0.29) is 17.7 Å². The highest BCUT2D eigenvalue weighted by atomic mass is 32.1. The number of amides is 2. The molecule has 2 aliphatic rings. The average molecular weight is 336 g/mol. The Morgan fingerprint density at radius 1 is 1.26 bits per heavy atom. The zero-order valence-corrected chi connectivity index (χ0v) is 14.9. The molecule has 3 heterocycles. The summed E-state index contributed by atoms with van der Waals surface area (Å²) in [5, 5.41) is 1.06. The molecule has 2 aliphatic heterocycles. The van der Waals surface area contributed by atoms with Crippen LogP contribution in [0.15, 0.2) is 0 Å². The maximum Gasteiger partial charge on any atom is 0.228 e. The van der Waals surface area contributed by atoms with Gasteiger partial charge in [-0.05, 0) is 20.8 Å². The number of nitrogens with zero attached hydrogens (tertiary/aromatic N) is 4. The summed E-state index contributed by atoms with van der Waals surface area (Å²) in [6.45, 7) is 10.4. The third-order valence-electron chi connectivity index (χ3n) is 4.82. The van der Waals surface area contributed by atoms with Crippen LogP contribution >= 0.6 is 11.3 Å². The molecule has 1 atom stereocenters. The van der Waals surface area contributed by atoms with Gasteiger partial charge in [0.05, 0.1) is 11.6 Å². The fourth-order valence-electron chi connectivity index (χ4n) is 3.21. The molecular weight excluding hydrogens is 312 g/mol. The predicted molar refractivity (Wildman–Crippen MR) is 90.7 cm³/mol. The summed E-state index contributed by atoms with van der Waals surface area (Å²) in [7, 11) is 0.